The summed E-state index contributed by atoms with van der Waals surface area (Å²) in [5.74, 6) is -0.510. The van der Waals surface area contributed by atoms with Crippen molar-refractivity contribution < 1.29 is 18.1 Å². The molecule has 0 radical (unpaired) electrons. The van der Waals surface area contributed by atoms with Crippen LogP contribution in [0.15, 0.2) is 47.4 Å². The van der Waals surface area contributed by atoms with Crippen molar-refractivity contribution in [3.05, 3.63) is 63.7 Å². The van der Waals surface area contributed by atoms with Crippen LogP contribution < -0.4 is 5.32 Å². The number of sulfonamides is 1. The fraction of sp³-hybridized carbons (Fsp3) is 0.350. The summed E-state index contributed by atoms with van der Waals surface area (Å²) in [6, 6.07) is 10.2. The van der Waals surface area contributed by atoms with Crippen LogP contribution >= 0.6 is 0 Å². The Labute approximate surface area is 175 Å². The van der Waals surface area contributed by atoms with Crippen LogP contribution in [0.4, 0.5) is 11.4 Å². The molecular formula is C20H24N4O5S. The number of carbonyl (C=O) groups excluding carboxylic acids is 1. The second-order valence-electron chi connectivity index (χ2n) is 7.08. The van der Waals surface area contributed by atoms with Crippen LogP contribution in [0.5, 0.6) is 0 Å². The van der Waals surface area contributed by atoms with Gasteiger partial charge in [-0.25, -0.2) is 8.42 Å². The molecule has 2 aromatic carbocycles. The number of nitro groups is 1. The fourth-order valence-corrected chi connectivity index (χ4v) is 4.72. The molecule has 1 aliphatic heterocycles. The molecule has 1 N–H and O–H groups in total. The minimum absolute atomic E-state index is 0.132. The maximum absolute atomic E-state index is 12.8. The third kappa shape index (κ3) is 4.66. The molecule has 3 rings (SSSR count). The maximum atomic E-state index is 12.8. The lowest BCUT2D eigenvalue weighted by Gasteiger charge is -2.33. The molecule has 30 heavy (non-hydrogen) atoms. The highest BCUT2D eigenvalue weighted by atomic mass is 32.2. The van der Waals surface area contributed by atoms with Crippen molar-refractivity contribution in [2.24, 2.45) is 0 Å². The van der Waals surface area contributed by atoms with Crippen molar-refractivity contribution in [1.29, 1.82) is 0 Å². The number of nitrogens with one attached hydrogen (secondary N) is 1. The van der Waals surface area contributed by atoms with Crippen LogP contribution in [0, 0.1) is 17.0 Å². The number of hydrogen-bond donors (Lipinski definition) is 1. The molecule has 0 aliphatic carbocycles. The van der Waals surface area contributed by atoms with Crippen molar-refractivity contribution in [3.63, 3.8) is 0 Å². The number of likely N-dealkylation sites (N-methyl/N-ethyl adjacent to an activating group) is 1. The van der Waals surface area contributed by atoms with Gasteiger partial charge in [0, 0.05) is 49.1 Å². The molecule has 0 unspecified atom stereocenters. The smallest absolute Gasteiger partial charge is 0.273 e. The molecule has 9 nitrogen and oxygen atoms in total. The standard InChI is InChI=1S/C20H24N4O5S/c1-3-22-10-12-23(13-11-22)30(28,29)18-8-6-17(7-9-18)21-20(25)16-5-4-15(2)19(14-16)24(26)27/h4-9,14H,3,10-13H2,1-2H3,(H,21,25). The van der Waals surface area contributed by atoms with Crippen molar-refractivity contribution in [2.45, 2.75) is 18.7 Å². The van der Waals surface area contributed by atoms with Gasteiger partial charge in [0.1, 0.15) is 0 Å². The predicted octanol–water partition coefficient (Wildman–Crippen LogP) is 2.48. The van der Waals surface area contributed by atoms with Crippen molar-refractivity contribution in [3.8, 4) is 0 Å². The van der Waals surface area contributed by atoms with E-state index in [9.17, 15) is 23.3 Å². The first-order chi connectivity index (χ1) is 14.2. The van der Waals surface area contributed by atoms with E-state index in [-0.39, 0.29) is 16.1 Å². The second kappa shape index (κ2) is 8.90. The Morgan fingerprint density at radius 1 is 1.10 bits per heavy atom. The molecule has 1 saturated heterocycles. The highest BCUT2D eigenvalue weighted by Crippen LogP contribution is 2.22. The zero-order valence-corrected chi connectivity index (χ0v) is 17.7. The van der Waals surface area contributed by atoms with Gasteiger partial charge in [-0.3, -0.25) is 14.9 Å². The van der Waals surface area contributed by atoms with Gasteiger partial charge in [-0.1, -0.05) is 13.0 Å². The number of benzene rings is 2. The minimum atomic E-state index is -3.59. The van der Waals surface area contributed by atoms with Crippen LogP contribution in [-0.4, -0.2) is 61.2 Å². The molecular weight excluding hydrogens is 408 g/mol. The SMILES string of the molecule is CCN1CCN(S(=O)(=O)c2ccc(NC(=O)c3ccc(C)c([N+](=O)[O-])c3)cc2)CC1. The average Bonchev–Trinajstić information content (AvgIpc) is 2.74. The Bertz CT molecular complexity index is 1050. The zero-order chi connectivity index (χ0) is 21.9. The molecule has 160 valence electrons. The highest BCUT2D eigenvalue weighted by Gasteiger charge is 2.28. The summed E-state index contributed by atoms with van der Waals surface area (Å²) in [5.41, 5.74) is 0.883. The summed E-state index contributed by atoms with van der Waals surface area (Å²) in [4.78, 5) is 25.3. The Morgan fingerprint density at radius 3 is 2.30 bits per heavy atom. The topological polar surface area (TPSA) is 113 Å². The Kier molecular flexibility index (Phi) is 6.49. The summed E-state index contributed by atoms with van der Waals surface area (Å²) >= 11 is 0. The lowest BCUT2D eigenvalue weighted by atomic mass is 10.1. The molecule has 0 atom stereocenters. The molecule has 1 heterocycles. The largest absolute Gasteiger partial charge is 0.322 e. The lowest BCUT2D eigenvalue weighted by Crippen LogP contribution is -2.48. The molecule has 1 amide bonds. The second-order valence-corrected chi connectivity index (χ2v) is 9.01. The Morgan fingerprint density at radius 2 is 1.73 bits per heavy atom. The molecule has 10 heteroatoms. The number of piperazine rings is 1. The maximum Gasteiger partial charge on any atom is 0.273 e. The number of hydrogen-bond acceptors (Lipinski definition) is 6. The third-order valence-electron chi connectivity index (χ3n) is 5.20. The quantitative estimate of drug-likeness (QED) is 0.554. The van der Waals surface area contributed by atoms with Gasteiger partial charge >= 0.3 is 0 Å². The first-order valence-electron chi connectivity index (χ1n) is 9.61. The highest BCUT2D eigenvalue weighted by molar-refractivity contribution is 7.89. The molecule has 2 aromatic rings. The van der Waals surface area contributed by atoms with E-state index in [1.54, 1.807) is 6.92 Å². The molecule has 1 fully saturated rings. The Hall–Kier alpha value is -2.82. The number of carbonyl (C=O) groups is 1. The number of nitro benzene ring substituents is 1. The molecule has 1 aliphatic rings. The average molecular weight is 433 g/mol. The molecule has 0 spiro atoms. The fourth-order valence-electron chi connectivity index (χ4n) is 3.30. The van der Waals surface area contributed by atoms with Gasteiger partial charge in [0.05, 0.1) is 9.82 Å². The molecule has 0 bridgehead atoms. The first kappa shape index (κ1) is 21.9. The first-order valence-corrected chi connectivity index (χ1v) is 11.1. The number of anilines is 1. The lowest BCUT2D eigenvalue weighted by molar-refractivity contribution is -0.385. The van der Waals surface area contributed by atoms with Crippen LogP contribution in [-0.2, 0) is 10.0 Å². The van der Waals surface area contributed by atoms with E-state index in [0.29, 0.717) is 37.4 Å². The van der Waals surface area contributed by atoms with E-state index in [1.165, 1.54) is 46.8 Å². The van der Waals surface area contributed by atoms with Gasteiger partial charge in [0.25, 0.3) is 11.6 Å². The van der Waals surface area contributed by atoms with Crippen molar-refractivity contribution in [1.82, 2.24) is 9.21 Å². The van der Waals surface area contributed by atoms with Gasteiger partial charge in [-0.2, -0.15) is 4.31 Å². The molecule has 0 aromatic heterocycles. The number of amides is 1. The number of nitrogens with zero attached hydrogens (tertiary/aromatic N) is 3. The number of rotatable bonds is 6. The Balaban J connectivity index is 1.71. The molecule has 0 saturated carbocycles. The van der Waals surface area contributed by atoms with Gasteiger partial charge in [-0.05, 0) is 43.8 Å². The summed E-state index contributed by atoms with van der Waals surface area (Å²) in [6.45, 7) is 6.83. The number of aryl methyl sites for hydroxylation is 1. The van der Waals surface area contributed by atoms with Gasteiger partial charge < -0.3 is 10.2 Å². The summed E-state index contributed by atoms with van der Waals surface area (Å²) in [7, 11) is -3.59. The van der Waals surface area contributed by atoms with Gasteiger partial charge in [0.2, 0.25) is 10.0 Å². The van der Waals surface area contributed by atoms with E-state index >= 15 is 0 Å². The van der Waals surface area contributed by atoms with E-state index in [0.717, 1.165) is 6.54 Å². The van der Waals surface area contributed by atoms with Crippen LogP contribution in [0.1, 0.15) is 22.8 Å². The summed E-state index contributed by atoms with van der Waals surface area (Å²) in [6.07, 6.45) is 0. The van der Waals surface area contributed by atoms with Gasteiger partial charge in [-0.15, -0.1) is 0 Å². The van der Waals surface area contributed by atoms with Crippen LogP contribution in [0.25, 0.3) is 0 Å². The minimum Gasteiger partial charge on any atom is -0.322 e. The van der Waals surface area contributed by atoms with E-state index < -0.39 is 20.9 Å². The van der Waals surface area contributed by atoms with E-state index in [4.69, 9.17) is 0 Å². The van der Waals surface area contributed by atoms with Crippen molar-refractivity contribution in [2.75, 3.05) is 38.0 Å². The summed E-state index contributed by atoms with van der Waals surface area (Å²) < 4.78 is 27.1. The van der Waals surface area contributed by atoms with Crippen LogP contribution in [0.2, 0.25) is 0 Å². The van der Waals surface area contributed by atoms with E-state index in [2.05, 4.69) is 10.2 Å². The summed E-state index contributed by atoms with van der Waals surface area (Å²) in [5, 5.41) is 13.7. The predicted molar refractivity (Wildman–Crippen MR) is 113 cm³/mol. The third-order valence-corrected chi connectivity index (χ3v) is 7.11. The van der Waals surface area contributed by atoms with Crippen molar-refractivity contribution >= 4 is 27.3 Å². The van der Waals surface area contributed by atoms with E-state index in [1.807, 2.05) is 6.92 Å². The van der Waals surface area contributed by atoms with Crippen LogP contribution in [0.3, 0.4) is 0 Å². The monoisotopic (exact) mass is 432 g/mol. The van der Waals surface area contributed by atoms with Gasteiger partial charge in [0.15, 0.2) is 0 Å². The normalized spacial score (nSPS) is 15.7. The zero-order valence-electron chi connectivity index (χ0n) is 16.9.